The molecule has 1 atom stereocenters. The van der Waals surface area contributed by atoms with Gasteiger partial charge >= 0.3 is 6.03 Å². The summed E-state index contributed by atoms with van der Waals surface area (Å²) in [5.74, 6) is -0.504. The second kappa shape index (κ2) is 7.29. The van der Waals surface area contributed by atoms with Crippen molar-refractivity contribution in [3.63, 3.8) is 0 Å². The third-order valence-electron chi connectivity index (χ3n) is 4.67. The van der Waals surface area contributed by atoms with E-state index < -0.39 is 11.9 Å². The van der Waals surface area contributed by atoms with E-state index in [1.807, 2.05) is 14.1 Å². The van der Waals surface area contributed by atoms with Crippen molar-refractivity contribution >= 4 is 11.9 Å². The van der Waals surface area contributed by atoms with E-state index >= 15 is 0 Å². The van der Waals surface area contributed by atoms with Crippen LogP contribution in [0, 0.1) is 5.82 Å². The highest BCUT2D eigenvalue weighted by atomic mass is 19.1. The quantitative estimate of drug-likeness (QED) is 0.719. The topological polar surface area (TPSA) is 57.1 Å². The number of carbonyl (C=O) groups is 2. The standard InChI is InChI=1S/C19H23FN4O2/c1-4-8-24-15-12-23(10-9-22(2)3)18(25)16(15)17(21-19(24)26)13-6-5-7-14(20)11-13/h4-7,11,17H,1,8-10,12H2,2-3H3,(H,21,26)/p+1/t17-/m1/s1. The molecule has 3 amide bonds. The zero-order valence-electron chi connectivity index (χ0n) is 15.1. The molecule has 2 aliphatic heterocycles. The van der Waals surface area contributed by atoms with Crippen molar-refractivity contribution < 1.29 is 18.9 Å². The van der Waals surface area contributed by atoms with E-state index in [0.717, 1.165) is 6.54 Å². The summed E-state index contributed by atoms with van der Waals surface area (Å²) in [5, 5.41) is 2.84. The molecular formula is C19H24FN4O2+. The van der Waals surface area contributed by atoms with Crippen molar-refractivity contribution in [2.45, 2.75) is 6.04 Å². The number of nitrogens with zero attached hydrogens (tertiary/aromatic N) is 2. The van der Waals surface area contributed by atoms with Gasteiger partial charge < -0.3 is 15.1 Å². The van der Waals surface area contributed by atoms with E-state index in [1.54, 1.807) is 28.0 Å². The molecule has 2 heterocycles. The molecule has 0 saturated carbocycles. The number of nitrogens with one attached hydrogen (secondary N) is 2. The third-order valence-corrected chi connectivity index (χ3v) is 4.67. The van der Waals surface area contributed by atoms with Crippen molar-refractivity contribution in [3.05, 3.63) is 59.6 Å². The minimum Gasteiger partial charge on any atom is -0.338 e. The number of hydrogen-bond donors (Lipinski definition) is 2. The number of carbonyl (C=O) groups excluding carboxylic acids is 2. The van der Waals surface area contributed by atoms with Gasteiger partial charge in [0.2, 0.25) is 0 Å². The van der Waals surface area contributed by atoms with Crippen molar-refractivity contribution in [1.82, 2.24) is 15.1 Å². The molecule has 0 spiro atoms. The smallest absolute Gasteiger partial charge is 0.322 e. The Labute approximate surface area is 152 Å². The average Bonchev–Trinajstić information content (AvgIpc) is 2.92. The first-order valence-corrected chi connectivity index (χ1v) is 8.68. The number of amides is 3. The molecule has 1 aromatic rings. The van der Waals surface area contributed by atoms with E-state index in [2.05, 4.69) is 11.9 Å². The van der Waals surface area contributed by atoms with E-state index in [9.17, 15) is 14.0 Å². The van der Waals surface area contributed by atoms with Gasteiger partial charge in [0, 0.05) is 6.54 Å². The summed E-state index contributed by atoms with van der Waals surface area (Å²) in [5.41, 5.74) is 1.77. The fourth-order valence-electron chi connectivity index (χ4n) is 3.35. The minimum atomic E-state index is -0.640. The summed E-state index contributed by atoms with van der Waals surface area (Å²) in [4.78, 5) is 30.1. The highest BCUT2D eigenvalue weighted by Gasteiger charge is 2.43. The first kappa shape index (κ1) is 18.1. The third kappa shape index (κ3) is 3.35. The number of rotatable bonds is 6. The van der Waals surface area contributed by atoms with Crippen LogP contribution >= 0.6 is 0 Å². The molecule has 138 valence electrons. The molecule has 3 rings (SSSR count). The van der Waals surface area contributed by atoms with Gasteiger partial charge in [-0.2, -0.15) is 0 Å². The van der Waals surface area contributed by atoms with E-state index in [1.165, 1.54) is 17.0 Å². The van der Waals surface area contributed by atoms with Crippen LogP contribution in [0.1, 0.15) is 11.6 Å². The van der Waals surface area contributed by atoms with Gasteiger partial charge in [-0.05, 0) is 17.7 Å². The van der Waals surface area contributed by atoms with Gasteiger partial charge in [0.15, 0.2) is 0 Å². The number of urea groups is 1. The summed E-state index contributed by atoms with van der Waals surface area (Å²) < 4.78 is 13.7. The number of hydrogen-bond acceptors (Lipinski definition) is 2. The Morgan fingerprint density at radius 2 is 2.15 bits per heavy atom. The lowest BCUT2D eigenvalue weighted by Crippen LogP contribution is -3.06. The lowest BCUT2D eigenvalue weighted by Gasteiger charge is -2.33. The van der Waals surface area contributed by atoms with E-state index in [0.29, 0.717) is 36.5 Å². The first-order valence-electron chi connectivity index (χ1n) is 8.68. The summed E-state index contributed by atoms with van der Waals surface area (Å²) >= 11 is 0. The number of benzene rings is 1. The predicted molar refractivity (Wildman–Crippen MR) is 95.9 cm³/mol. The normalized spacial score (nSPS) is 19.9. The van der Waals surface area contributed by atoms with Gasteiger partial charge in [0.05, 0.1) is 51.0 Å². The molecule has 0 aromatic heterocycles. The summed E-state index contributed by atoms with van der Waals surface area (Å²) in [7, 11) is 4.05. The van der Waals surface area contributed by atoms with Crippen LogP contribution in [0.25, 0.3) is 0 Å². The molecule has 0 saturated heterocycles. The zero-order chi connectivity index (χ0) is 18.8. The Balaban J connectivity index is 1.98. The maximum absolute atomic E-state index is 13.7. The van der Waals surface area contributed by atoms with Crippen LogP contribution in [0.15, 0.2) is 48.2 Å². The van der Waals surface area contributed by atoms with Crippen molar-refractivity contribution in [2.24, 2.45) is 0 Å². The Morgan fingerprint density at radius 1 is 1.38 bits per heavy atom. The van der Waals surface area contributed by atoms with Gasteiger partial charge in [-0.15, -0.1) is 6.58 Å². The van der Waals surface area contributed by atoms with Crippen LogP contribution in [0.5, 0.6) is 0 Å². The Hall–Kier alpha value is -2.67. The molecule has 0 radical (unpaired) electrons. The maximum atomic E-state index is 13.7. The van der Waals surface area contributed by atoms with Crippen molar-refractivity contribution in [3.8, 4) is 0 Å². The van der Waals surface area contributed by atoms with Crippen LogP contribution in [-0.4, -0.2) is 62.0 Å². The predicted octanol–water partition coefficient (Wildman–Crippen LogP) is 0.319. The van der Waals surface area contributed by atoms with Crippen LogP contribution in [0.2, 0.25) is 0 Å². The molecule has 26 heavy (non-hydrogen) atoms. The average molecular weight is 359 g/mol. The minimum absolute atomic E-state index is 0.107. The van der Waals surface area contributed by atoms with Crippen LogP contribution in [0.3, 0.4) is 0 Å². The molecule has 2 N–H and O–H groups in total. The lowest BCUT2D eigenvalue weighted by molar-refractivity contribution is -0.857. The van der Waals surface area contributed by atoms with E-state index in [4.69, 9.17) is 0 Å². The SMILES string of the molecule is C=CCN1C(=O)N[C@H](c2cccc(F)c2)C2=C1CN(CC[NH+](C)C)C2=O. The number of likely N-dealkylation sites (N-methyl/N-ethyl adjacent to an activating group) is 1. The molecule has 1 aromatic carbocycles. The summed E-state index contributed by atoms with van der Waals surface area (Å²) in [6.07, 6.45) is 1.63. The molecule has 0 fully saturated rings. The Kier molecular flexibility index (Phi) is 5.08. The fourth-order valence-corrected chi connectivity index (χ4v) is 3.35. The van der Waals surface area contributed by atoms with Crippen LogP contribution in [-0.2, 0) is 4.79 Å². The second-order valence-electron chi connectivity index (χ2n) is 6.88. The molecule has 0 aliphatic carbocycles. The van der Waals surface area contributed by atoms with Gasteiger partial charge in [-0.1, -0.05) is 18.2 Å². The highest BCUT2D eigenvalue weighted by Crippen LogP contribution is 2.36. The van der Waals surface area contributed by atoms with E-state index in [-0.39, 0.29) is 11.9 Å². The van der Waals surface area contributed by atoms with Crippen LogP contribution < -0.4 is 10.2 Å². The largest absolute Gasteiger partial charge is 0.338 e. The van der Waals surface area contributed by atoms with Crippen LogP contribution in [0.4, 0.5) is 9.18 Å². The zero-order valence-corrected chi connectivity index (χ0v) is 15.1. The lowest BCUT2D eigenvalue weighted by atomic mass is 9.95. The van der Waals surface area contributed by atoms with Gasteiger partial charge in [0.25, 0.3) is 5.91 Å². The van der Waals surface area contributed by atoms with Gasteiger partial charge in [0.1, 0.15) is 5.82 Å². The first-order chi connectivity index (χ1) is 12.4. The van der Waals surface area contributed by atoms with Gasteiger partial charge in [-0.3, -0.25) is 9.69 Å². The molecule has 2 aliphatic rings. The number of halogens is 1. The second-order valence-corrected chi connectivity index (χ2v) is 6.88. The Morgan fingerprint density at radius 3 is 2.81 bits per heavy atom. The molecular weight excluding hydrogens is 335 g/mol. The summed E-state index contributed by atoms with van der Waals surface area (Å²) in [6, 6.07) is 5.07. The maximum Gasteiger partial charge on any atom is 0.322 e. The molecule has 7 heteroatoms. The van der Waals surface area contributed by atoms with Crippen molar-refractivity contribution in [1.29, 1.82) is 0 Å². The molecule has 6 nitrogen and oxygen atoms in total. The number of quaternary nitrogens is 1. The Bertz CT molecular complexity index is 775. The highest BCUT2D eigenvalue weighted by molar-refractivity contribution is 6.01. The van der Waals surface area contributed by atoms with Gasteiger partial charge in [-0.25, -0.2) is 9.18 Å². The fraction of sp³-hybridized carbons (Fsp3) is 0.368. The van der Waals surface area contributed by atoms with Crippen molar-refractivity contribution in [2.75, 3.05) is 40.3 Å². The monoisotopic (exact) mass is 359 g/mol. The summed E-state index contributed by atoms with van der Waals surface area (Å²) in [6.45, 7) is 5.80. The molecule has 0 unspecified atom stereocenters. The molecule has 0 bridgehead atoms.